The Morgan fingerprint density at radius 3 is 2.88 bits per heavy atom. The Labute approximate surface area is 146 Å². The molecular weight excluding hydrogens is 318 g/mol. The number of hydrogen-bond donors (Lipinski definition) is 0. The van der Waals surface area contributed by atoms with E-state index in [9.17, 15) is 9.59 Å². The summed E-state index contributed by atoms with van der Waals surface area (Å²) in [5.74, 6) is 0.0608. The summed E-state index contributed by atoms with van der Waals surface area (Å²) in [4.78, 5) is 26.9. The van der Waals surface area contributed by atoms with Crippen molar-refractivity contribution < 1.29 is 14.3 Å². The van der Waals surface area contributed by atoms with Crippen LogP contribution in [0.1, 0.15) is 38.5 Å². The summed E-state index contributed by atoms with van der Waals surface area (Å²) >= 11 is 0. The van der Waals surface area contributed by atoms with E-state index in [0.29, 0.717) is 6.61 Å². The van der Waals surface area contributed by atoms with E-state index in [-0.39, 0.29) is 17.8 Å². The number of amides is 1. The molecule has 0 spiro atoms. The van der Waals surface area contributed by atoms with Crippen LogP contribution in [0.5, 0.6) is 0 Å². The molecule has 2 aliphatic rings. The third-order valence-corrected chi connectivity index (χ3v) is 6.97. The fourth-order valence-electron chi connectivity index (χ4n) is 3.86. The van der Waals surface area contributed by atoms with Gasteiger partial charge in [0.15, 0.2) is 5.78 Å². The Kier molecular flexibility index (Phi) is 6.07. The van der Waals surface area contributed by atoms with E-state index in [1.54, 1.807) is 17.2 Å². The van der Waals surface area contributed by atoms with Crippen LogP contribution in [-0.2, 0) is 9.53 Å². The third kappa shape index (κ3) is 4.18. The minimum Gasteiger partial charge on any atom is -0.449 e. The number of nitrogens with zero attached hydrogens (tertiary/aromatic N) is 1. The van der Waals surface area contributed by atoms with Gasteiger partial charge in [0.2, 0.25) is 0 Å². The van der Waals surface area contributed by atoms with Gasteiger partial charge in [-0.3, -0.25) is 9.69 Å². The lowest BCUT2D eigenvalue weighted by molar-refractivity contribution is -0.126. The van der Waals surface area contributed by atoms with Gasteiger partial charge in [0.05, 0.1) is 12.1 Å². The van der Waals surface area contributed by atoms with E-state index in [0.717, 1.165) is 44.6 Å². The van der Waals surface area contributed by atoms with Crippen molar-refractivity contribution >= 4 is 20.0 Å². The van der Waals surface area contributed by atoms with Gasteiger partial charge in [0, 0.05) is 20.2 Å². The Morgan fingerprint density at radius 1 is 1.46 bits per heavy atom. The van der Waals surface area contributed by atoms with Crippen molar-refractivity contribution in [2.45, 2.75) is 69.7 Å². The van der Waals surface area contributed by atoms with Crippen LogP contribution in [0.15, 0.2) is 24.9 Å². The van der Waals surface area contributed by atoms with Gasteiger partial charge in [0.25, 0.3) is 0 Å². The Hall–Kier alpha value is -1.36. The monoisotopic (exact) mass is 349 g/mol. The zero-order valence-corrected chi connectivity index (χ0v) is 16.3. The second kappa shape index (κ2) is 7.68. The summed E-state index contributed by atoms with van der Waals surface area (Å²) in [5, 5.41) is 0. The molecule has 1 aliphatic heterocycles. The van der Waals surface area contributed by atoms with Gasteiger partial charge in [-0.2, -0.15) is 0 Å². The highest BCUT2D eigenvalue weighted by atomic mass is 28.3. The van der Waals surface area contributed by atoms with Crippen LogP contribution >= 0.6 is 0 Å². The normalized spacial score (nSPS) is 26.9. The Morgan fingerprint density at radius 2 is 2.21 bits per heavy atom. The summed E-state index contributed by atoms with van der Waals surface area (Å²) < 4.78 is 5.58. The maximum atomic E-state index is 12.7. The molecule has 0 aromatic carbocycles. The van der Waals surface area contributed by atoms with Crippen molar-refractivity contribution in [2.24, 2.45) is 5.92 Å². The molecule has 1 amide bonds. The quantitative estimate of drug-likeness (QED) is 0.513. The zero-order valence-electron chi connectivity index (χ0n) is 15.3. The number of ketones is 1. The van der Waals surface area contributed by atoms with E-state index in [4.69, 9.17) is 4.74 Å². The maximum Gasteiger partial charge on any atom is 0.414 e. The van der Waals surface area contributed by atoms with Gasteiger partial charge in [-0.25, -0.2) is 4.79 Å². The highest BCUT2D eigenvalue weighted by Crippen LogP contribution is 2.45. The lowest BCUT2D eigenvalue weighted by atomic mass is 9.66. The molecule has 4 nitrogen and oxygen atoms in total. The first-order valence-electron chi connectivity index (χ1n) is 9.09. The molecule has 5 heteroatoms. The molecule has 0 N–H and O–H groups in total. The van der Waals surface area contributed by atoms with Crippen LogP contribution in [0, 0.1) is 5.92 Å². The van der Waals surface area contributed by atoms with Gasteiger partial charge in [0.1, 0.15) is 0 Å². The molecule has 134 valence electrons. The summed E-state index contributed by atoms with van der Waals surface area (Å²) in [7, 11) is -1.24. The van der Waals surface area contributed by atoms with Crippen LogP contribution in [0.2, 0.25) is 25.7 Å². The second-order valence-electron chi connectivity index (χ2n) is 8.24. The third-order valence-electron chi connectivity index (χ3n) is 5.27. The number of allylic oxidation sites excluding steroid dienone is 2. The van der Waals surface area contributed by atoms with Gasteiger partial charge >= 0.3 is 6.09 Å². The fourth-order valence-corrected chi connectivity index (χ4v) is 4.57. The van der Waals surface area contributed by atoms with Crippen LogP contribution in [0.4, 0.5) is 4.79 Å². The summed E-state index contributed by atoms with van der Waals surface area (Å²) in [6.45, 7) is 11.1. The summed E-state index contributed by atoms with van der Waals surface area (Å²) in [6.07, 6.45) is 10.2. The van der Waals surface area contributed by atoms with E-state index in [2.05, 4.69) is 26.2 Å². The topological polar surface area (TPSA) is 46.6 Å². The van der Waals surface area contributed by atoms with Gasteiger partial charge in [-0.15, -0.1) is 6.58 Å². The molecule has 0 bridgehead atoms. The van der Waals surface area contributed by atoms with E-state index >= 15 is 0 Å². The van der Waals surface area contributed by atoms with E-state index < -0.39 is 13.6 Å². The zero-order chi connectivity index (χ0) is 17.8. The van der Waals surface area contributed by atoms with Crippen molar-refractivity contribution in [1.82, 2.24) is 4.90 Å². The second-order valence-corrected chi connectivity index (χ2v) is 13.9. The largest absolute Gasteiger partial charge is 0.449 e. The highest BCUT2D eigenvalue weighted by Gasteiger charge is 2.51. The maximum absolute atomic E-state index is 12.7. The molecule has 2 atom stereocenters. The van der Waals surface area contributed by atoms with Crippen LogP contribution < -0.4 is 0 Å². The summed E-state index contributed by atoms with van der Waals surface area (Å²) in [5.41, 5.74) is -0.422. The average molecular weight is 350 g/mol. The van der Waals surface area contributed by atoms with Gasteiger partial charge < -0.3 is 4.74 Å². The van der Waals surface area contributed by atoms with E-state index in [1.165, 1.54) is 0 Å². The molecule has 0 aromatic heterocycles. The molecule has 24 heavy (non-hydrogen) atoms. The number of carbonyl (C=O) groups is 2. The lowest BCUT2D eigenvalue weighted by Crippen LogP contribution is -2.59. The predicted octanol–water partition coefficient (Wildman–Crippen LogP) is 4.75. The minimum absolute atomic E-state index is 0.0965. The molecule has 2 rings (SSSR count). The first-order valence-corrected chi connectivity index (χ1v) is 12.8. The number of ether oxygens (including phenoxy) is 1. The first kappa shape index (κ1) is 19.0. The molecule has 1 aliphatic carbocycles. The number of hydrogen-bond acceptors (Lipinski definition) is 3. The smallest absolute Gasteiger partial charge is 0.414 e. The molecular formula is C19H31NO3Si. The van der Waals surface area contributed by atoms with E-state index in [1.807, 2.05) is 6.08 Å². The highest BCUT2D eigenvalue weighted by molar-refractivity contribution is 6.76. The Bertz CT molecular complexity index is 523. The molecule has 1 fully saturated rings. The molecule has 1 heterocycles. The predicted molar refractivity (Wildman–Crippen MR) is 99.6 cm³/mol. The molecule has 1 saturated carbocycles. The molecule has 0 unspecified atom stereocenters. The van der Waals surface area contributed by atoms with Gasteiger partial charge in [-0.05, 0) is 37.8 Å². The van der Waals surface area contributed by atoms with Crippen LogP contribution in [0.3, 0.4) is 0 Å². The van der Waals surface area contributed by atoms with Crippen molar-refractivity contribution in [3.8, 4) is 0 Å². The molecule has 0 radical (unpaired) electrons. The SMILES string of the molecule is C=CCC[C@]12CCCC[C@@H]1C(=O)C=CN2C(=O)OCC[Si](C)(C)C. The van der Waals surface area contributed by atoms with Crippen molar-refractivity contribution in [1.29, 1.82) is 0 Å². The number of rotatable bonds is 6. The minimum atomic E-state index is -1.24. The average Bonchev–Trinajstić information content (AvgIpc) is 2.52. The molecule has 0 aromatic rings. The first-order chi connectivity index (χ1) is 11.3. The van der Waals surface area contributed by atoms with Crippen molar-refractivity contribution in [3.63, 3.8) is 0 Å². The standard InChI is InChI=1S/C19H31NO3Si/c1-5-6-11-19-12-8-7-9-16(19)17(21)10-13-20(19)18(22)23-14-15-24(2,3)4/h5,10,13,16H,1,6-9,11-12,14-15H2,2-4H3/t16-,19+/m1/s1. The molecule has 0 saturated heterocycles. The van der Waals surface area contributed by atoms with Crippen LogP contribution in [-0.4, -0.2) is 37.0 Å². The Balaban J connectivity index is 2.18. The van der Waals surface area contributed by atoms with Crippen molar-refractivity contribution in [3.05, 3.63) is 24.9 Å². The lowest BCUT2D eigenvalue weighted by Gasteiger charge is -2.50. The van der Waals surface area contributed by atoms with Gasteiger partial charge in [-0.1, -0.05) is 38.6 Å². The van der Waals surface area contributed by atoms with Crippen LogP contribution in [0.25, 0.3) is 0 Å². The fraction of sp³-hybridized carbons (Fsp3) is 0.684. The summed E-state index contributed by atoms with van der Waals surface area (Å²) in [6, 6.07) is 0.957. The number of fused-ring (bicyclic) bond motifs is 1. The van der Waals surface area contributed by atoms with Crippen molar-refractivity contribution in [2.75, 3.05) is 6.61 Å². The number of carbonyl (C=O) groups excluding carboxylic acids is 2.